The van der Waals surface area contributed by atoms with Gasteiger partial charge in [-0.05, 0) is 55.7 Å². The molecule has 154 valence electrons. The van der Waals surface area contributed by atoms with Crippen LogP contribution in [0.2, 0.25) is 0 Å². The number of hydrogen-bond donors (Lipinski definition) is 1. The highest BCUT2D eigenvalue weighted by molar-refractivity contribution is 6.00. The van der Waals surface area contributed by atoms with Crippen LogP contribution in [0.15, 0.2) is 55.0 Å². The second-order valence-corrected chi connectivity index (χ2v) is 7.69. The molecule has 3 aromatic rings. The maximum Gasteiger partial charge on any atom is 0.162 e. The van der Waals surface area contributed by atoms with Crippen molar-refractivity contribution in [3.8, 4) is 11.3 Å². The number of anilines is 1. The number of pyridine rings is 2. The molecule has 0 spiro atoms. The Balaban J connectivity index is 1.70. The predicted octanol–water partition coefficient (Wildman–Crippen LogP) is 4.08. The standard InChI is InChI=1S/C23H22F2N4O/c1-15(30)18-11-21(16-5-6-19(24)20(25)10-16)28-13-22(18)29-9-3-7-23(26,14-29)17-4-2-8-27-12-17/h2,4-6,8,10-13H,3,7,9,14,26H2,1H3. The number of carbonyl (C=O) groups is 1. The van der Waals surface area contributed by atoms with E-state index < -0.39 is 17.2 Å². The highest BCUT2D eigenvalue weighted by Crippen LogP contribution is 2.34. The Morgan fingerprint density at radius 3 is 2.70 bits per heavy atom. The van der Waals surface area contributed by atoms with Gasteiger partial charge in [0.25, 0.3) is 0 Å². The highest BCUT2D eigenvalue weighted by Gasteiger charge is 2.34. The van der Waals surface area contributed by atoms with Gasteiger partial charge in [-0.1, -0.05) is 6.07 Å². The van der Waals surface area contributed by atoms with Crippen LogP contribution in [-0.4, -0.2) is 28.8 Å². The number of aromatic nitrogens is 2. The first-order chi connectivity index (χ1) is 14.4. The number of Topliss-reactive ketones (excluding diaryl/α,β-unsaturated/α-hetero) is 1. The molecule has 30 heavy (non-hydrogen) atoms. The Morgan fingerprint density at radius 1 is 1.17 bits per heavy atom. The Bertz CT molecular complexity index is 1090. The van der Waals surface area contributed by atoms with Crippen LogP contribution in [0.3, 0.4) is 0 Å². The average molecular weight is 408 g/mol. The summed E-state index contributed by atoms with van der Waals surface area (Å²) < 4.78 is 26.9. The third kappa shape index (κ3) is 3.80. The van der Waals surface area contributed by atoms with Gasteiger partial charge in [0.15, 0.2) is 17.4 Å². The third-order valence-corrected chi connectivity index (χ3v) is 5.58. The van der Waals surface area contributed by atoms with Gasteiger partial charge in [-0.15, -0.1) is 0 Å². The van der Waals surface area contributed by atoms with Crippen LogP contribution in [0.4, 0.5) is 14.5 Å². The molecule has 3 heterocycles. The van der Waals surface area contributed by atoms with Crippen LogP contribution in [0.25, 0.3) is 11.3 Å². The van der Waals surface area contributed by atoms with Gasteiger partial charge in [0.05, 0.1) is 23.1 Å². The quantitative estimate of drug-likeness (QED) is 0.659. The topological polar surface area (TPSA) is 72.1 Å². The Labute approximate surface area is 173 Å². The van der Waals surface area contributed by atoms with E-state index in [0.717, 1.165) is 37.1 Å². The normalized spacial score (nSPS) is 19.0. The minimum absolute atomic E-state index is 0.134. The summed E-state index contributed by atoms with van der Waals surface area (Å²) in [4.78, 5) is 23.1. The van der Waals surface area contributed by atoms with Crippen molar-refractivity contribution >= 4 is 11.5 Å². The zero-order valence-corrected chi connectivity index (χ0v) is 16.6. The van der Waals surface area contributed by atoms with E-state index in [-0.39, 0.29) is 5.78 Å². The molecule has 0 saturated carbocycles. The molecule has 7 heteroatoms. The van der Waals surface area contributed by atoms with Crippen molar-refractivity contribution in [2.45, 2.75) is 25.3 Å². The van der Waals surface area contributed by atoms with E-state index in [1.165, 1.54) is 13.0 Å². The van der Waals surface area contributed by atoms with Crippen LogP contribution in [-0.2, 0) is 5.54 Å². The summed E-state index contributed by atoms with van der Waals surface area (Å²) in [5, 5.41) is 0. The summed E-state index contributed by atoms with van der Waals surface area (Å²) in [6.45, 7) is 2.74. The fraction of sp³-hybridized carbons (Fsp3) is 0.261. The van der Waals surface area contributed by atoms with Gasteiger partial charge < -0.3 is 10.6 Å². The second kappa shape index (κ2) is 7.91. The van der Waals surface area contributed by atoms with Crippen molar-refractivity contribution in [2.24, 2.45) is 5.73 Å². The minimum Gasteiger partial charge on any atom is -0.368 e. The molecule has 2 aromatic heterocycles. The van der Waals surface area contributed by atoms with Crippen molar-refractivity contribution in [1.29, 1.82) is 0 Å². The Kier molecular flexibility index (Phi) is 5.30. The van der Waals surface area contributed by atoms with Crippen molar-refractivity contribution < 1.29 is 13.6 Å². The van der Waals surface area contributed by atoms with Crippen LogP contribution >= 0.6 is 0 Å². The smallest absolute Gasteiger partial charge is 0.162 e. The summed E-state index contributed by atoms with van der Waals surface area (Å²) >= 11 is 0. The molecule has 1 saturated heterocycles. The van der Waals surface area contributed by atoms with Crippen LogP contribution in [0, 0.1) is 11.6 Å². The van der Waals surface area contributed by atoms with Crippen molar-refractivity contribution in [3.63, 3.8) is 0 Å². The number of rotatable bonds is 4. The zero-order valence-electron chi connectivity index (χ0n) is 16.6. The SMILES string of the molecule is CC(=O)c1cc(-c2ccc(F)c(F)c2)ncc1N1CCCC(N)(c2cccnc2)C1. The lowest BCUT2D eigenvalue weighted by atomic mass is 9.83. The number of nitrogens with zero attached hydrogens (tertiary/aromatic N) is 3. The van der Waals surface area contributed by atoms with Gasteiger partial charge in [-0.3, -0.25) is 14.8 Å². The van der Waals surface area contributed by atoms with Gasteiger partial charge in [0.1, 0.15) is 0 Å². The number of benzene rings is 1. The molecule has 1 atom stereocenters. The predicted molar refractivity (Wildman–Crippen MR) is 111 cm³/mol. The Morgan fingerprint density at radius 2 is 2.00 bits per heavy atom. The highest BCUT2D eigenvalue weighted by atomic mass is 19.2. The van der Waals surface area contributed by atoms with Crippen LogP contribution < -0.4 is 10.6 Å². The lowest BCUT2D eigenvalue weighted by molar-refractivity contribution is 0.101. The third-order valence-electron chi connectivity index (χ3n) is 5.58. The van der Waals surface area contributed by atoms with Crippen molar-refractivity contribution in [1.82, 2.24) is 9.97 Å². The maximum absolute atomic E-state index is 13.6. The van der Waals surface area contributed by atoms with Gasteiger partial charge in [-0.2, -0.15) is 0 Å². The first kappa shape index (κ1) is 20.1. The minimum atomic E-state index is -0.955. The second-order valence-electron chi connectivity index (χ2n) is 7.69. The molecule has 0 amide bonds. The summed E-state index contributed by atoms with van der Waals surface area (Å²) in [7, 11) is 0. The largest absolute Gasteiger partial charge is 0.368 e. The molecule has 4 rings (SSSR count). The number of ketones is 1. The molecule has 0 bridgehead atoms. The molecule has 1 aromatic carbocycles. The van der Waals surface area contributed by atoms with Gasteiger partial charge >= 0.3 is 0 Å². The van der Waals surface area contributed by atoms with E-state index in [2.05, 4.69) is 14.9 Å². The lowest BCUT2D eigenvalue weighted by Gasteiger charge is -2.42. The fourth-order valence-electron chi connectivity index (χ4n) is 3.98. The zero-order chi connectivity index (χ0) is 21.3. The molecule has 0 aliphatic carbocycles. The number of nitrogens with two attached hydrogens (primary N) is 1. The molecular formula is C23H22F2N4O. The fourth-order valence-corrected chi connectivity index (χ4v) is 3.98. The molecule has 1 unspecified atom stereocenters. The molecule has 5 nitrogen and oxygen atoms in total. The van der Waals surface area contributed by atoms with E-state index >= 15 is 0 Å². The Hall–Kier alpha value is -3.19. The molecule has 0 radical (unpaired) electrons. The van der Waals surface area contributed by atoms with E-state index in [0.29, 0.717) is 29.1 Å². The first-order valence-electron chi connectivity index (χ1n) is 9.78. The van der Waals surface area contributed by atoms with E-state index in [9.17, 15) is 13.6 Å². The summed E-state index contributed by atoms with van der Waals surface area (Å²) in [6, 6.07) is 9.03. The average Bonchev–Trinajstić information content (AvgIpc) is 2.76. The van der Waals surface area contributed by atoms with Gasteiger partial charge in [0, 0.05) is 36.6 Å². The molecule has 1 aliphatic rings. The van der Waals surface area contributed by atoms with E-state index in [1.54, 1.807) is 24.7 Å². The summed E-state index contributed by atoms with van der Waals surface area (Å²) in [6.07, 6.45) is 6.77. The van der Waals surface area contributed by atoms with Crippen LogP contribution in [0.5, 0.6) is 0 Å². The monoisotopic (exact) mass is 408 g/mol. The van der Waals surface area contributed by atoms with Gasteiger partial charge in [0.2, 0.25) is 0 Å². The maximum atomic E-state index is 13.6. The van der Waals surface area contributed by atoms with E-state index in [1.807, 2.05) is 12.1 Å². The molecule has 2 N–H and O–H groups in total. The number of carbonyl (C=O) groups excluding carboxylic acids is 1. The number of halogens is 2. The van der Waals surface area contributed by atoms with Crippen LogP contribution in [0.1, 0.15) is 35.7 Å². The molecule has 1 fully saturated rings. The van der Waals surface area contributed by atoms with Crippen molar-refractivity contribution in [3.05, 3.63) is 77.8 Å². The molecular weight excluding hydrogens is 386 g/mol. The number of piperidine rings is 1. The van der Waals surface area contributed by atoms with Gasteiger partial charge in [-0.25, -0.2) is 8.78 Å². The lowest BCUT2D eigenvalue weighted by Crippen LogP contribution is -2.52. The summed E-state index contributed by atoms with van der Waals surface area (Å²) in [5.74, 6) is -2.01. The first-order valence-corrected chi connectivity index (χ1v) is 9.78. The molecule has 1 aliphatic heterocycles. The summed E-state index contributed by atoms with van der Waals surface area (Å²) in [5.41, 5.74) is 9.06. The number of hydrogen-bond acceptors (Lipinski definition) is 5. The van der Waals surface area contributed by atoms with Crippen molar-refractivity contribution in [2.75, 3.05) is 18.0 Å². The van der Waals surface area contributed by atoms with E-state index in [4.69, 9.17) is 5.73 Å².